The van der Waals surface area contributed by atoms with Gasteiger partial charge in [0.25, 0.3) is 0 Å². The van der Waals surface area contributed by atoms with E-state index in [1.165, 1.54) is 32.1 Å². The smallest absolute Gasteiger partial charge is 0.308 e. The molecular weight excluding hydrogens is 248 g/mol. The lowest BCUT2D eigenvalue weighted by atomic mass is 9.67. The van der Waals surface area contributed by atoms with Crippen molar-refractivity contribution in [2.75, 3.05) is 6.61 Å². The maximum Gasteiger partial charge on any atom is 0.308 e. The van der Waals surface area contributed by atoms with Gasteiger partial charge in [-0.2, -0.15) is 0 Å². The van der Waals surface area contributed by atoms with Crippen molar-refractivity contribution < 1.29 is 9.53 Å². The lowest BCUT2D eigenvalue weighted by Gasteiger charge is -2.40. The first-order chi connectivity index (χ1) is 9.25. The molecule has 1 rings (SSSR count). The molecule has 0 aliphatic heterocycles. The average molecular weight is 282 g/mol. The molecule has 0 saturated heterocycles. The molecule has 1 aliphatic carbocycles. The lowest BCUT2D eigenvalue weighted by molar-refractivity contribution is -0.152. The maximum atomic E-state index is 11.7. The highest BCUT2D eigenvalue weighted by Gasteiger charge is 2.35. The molecule has 0 N–H and O–H groups in total. The topological polar surface area (TPSA) is 26.3 Å². The van der Waals surface area contributed by atoms with Crippen LogP contribution < -0.4 is 0 Å². The van der Waals surface area contributed by atoms with Crippen molar-refractivity contribution in [3.8, 4) is 0 Å². The van der Waals surface area contributed by atoms with Crippen molar-refractivity contribution >= 4 is 5.97 Å². The monoisotopic (exact) mass is 282 g/mol. The Morgan fingerprint density at radius 2 is 1.65 bits per heavy atom. The van der Waals surface area contributed by atoms with E-state index in [1.54, 1.807) is 0 Å². The Morgan fingerprint density at radius 1 is 1.10 bits per heavy atom. The number of hydrogen-bond acceptors (Lipinski definition) is 2. The van der Waals surface area contributed by atoms with E-state index in [0.717, 1.165) is 5.92 Å². The van der Waals surface area contributed by atoms with Gasteiger partial charge < -0.3 is 4.74 Å². The standard InChI is InChI=1S/C18H34O2/c1-13(2)17(19)20-12-18(5,6)15(4)14(3)16-10-8-7-9-11-16/h13-16H,7-12H2,1-6H3/t14-,15-/m0/s1. The minimum Gasteiger partial charge on any atom is -0.465 e. The first kappa shape index (κ1) is 17.5. The molecule has 2 heteroatoms. The predicted molar refractivity (Wildman–Crippen MR) is 84.5 cm³/mol. The van der Waals surface area contributed by atoms with Crippen molar-refractivity contribution in [3.63, 3.8) is 0 Å². The third kappa shape index (κ3) is 4.79. The SMILES string of the molecule is CC(C)C(=O)OCC(C)(C)[C@@H](C)[C@H](C)C1CCCCC1. The van der Waals surface area contributed by atoms with E-state index in [0.29, 0.717) is 18.4 Å². The summed E-state index contributed by atoms with van der Waals surface area (Å²) in [4.78, 5) is 11.7. The molecule has 0 aromatic heterocycles. The van der Waals surface area contributed by atoms with Crippen LogP contribution in [0.15, 0.2) is 0 Å². The van der Waals surface area contributed by atoms with E-state index in [4.69, 9.17) is 4.74 Å². The van der Waals surface area contributed by atoms with Gasteiger partial charge in [-0.3, -0.25) is 4.79 Å². The zero-order chi connectivity index (χ0) is 15.3. The molecule has 0 radical (unpaired) electrons. The number of carbonyl (C=O) groups excluding carboxylic acids is 1. The molecule has 2 nitrogen and oxygen atoms in total. The van der Waals surface area contributed by atoms with Crippen LogP contribution in [-0.2, 0) is 9.53 Å². The number of esters is 1. The number of hydrogen-bond donors (Lipinski definition) is 0. The second-order valence-electron chi connectivity index (χ2n) is 7.80. The Kier molecular flexibility index (Phi) is 6.54. The molecule has 20 heavy (non-hydrogen) atoms. The van der Waals surface area contributed by atoms with Crippen LogP contribution in [0.4, 0.5) is 0 Å². The summed E-state index contributed by atoms with van der Waals surface area (Å²) < 4.78 is 5.49. The summed E-state index contributed by atoms with van der Waals surface area (Å²) in [6.07, 6.45) is 6.96. The first-order valence-electron chi connectivity index (χ1n) is 8.42. The molecule has 0 amide bonds. The molecule has 118 valence electrons. The maximum absolute atomic E-state index is 11.7. The van der Waals surface area contributed by atoms with Crippen molar-refractivity contribution in [1.82, 2.24) is 0 Å². The highest BCUT2D eigenvalue weighted by Crippen LogP contribution is 2.41. The summed E-state index contributed by atoms with van der Waals surface area (Å²) in [5, 5.41) is 0. The van der Waals surface area contributed by atoms with Gasteiger partial charge in [-0.1, -0.05) is 73.6 Å². The van der Waals surface area contributed by atoms with Crippen molar-refractivity contribution in [2.45, 2.75) is 73.6 Å². The minimum atomic E-state index is -0.0735. The van der Waals surface area contributed by atoms with Gasteiger partial charge in [-0.05, 0) is 17.8 Å². The van der Waals surface area contributed by atoms with E-state index in [1.807, 2.05) is 13.8 Å². The van der Waals surface area contributed by atoms with Crippen molar-refractivity contribution in [3.05, 3.63) is 0 Å². The lowest BCUT2D eigenvalue weighted by Crippen LogP contribution is -2.36. The van der Waals surface area contributed by atoms with Crippen LogP contribution in [0, 0.1) is 29.1 Å². The van der Waals surface area contributed by atoms with Crippen LogP contribution in [0.5, 0.6) is 0 Å². The molecule has 0 bridgehead atoms. The van der Waals surface area contributed by atoms with Gasteiger partial charge in [0.2, 0.25) is 0 Å². The van der Waals surface area contributed by atoms with Gasteiger partial charge in [0.15, 0.2) is 0 Å². The quantitative estimate of drug-likeness (QED) is 0.636. The molecule has 1 aliphatic rings. The Balaban J connectivity index is 2.53. The highest BCUT2D eigenvalue weighted by molar-refractivity contribution is 5.71. The van der Waals surface area contributed by atoms with Gasteiger partial charge in [0.1, 0.15) is 0 Å². The fraction of sp³-hybridized carbons (Fsp3) is 0.944. The third-order valence-electron chi connectivity index (χ3n) is 5.47. The van der Waals surface area contributed by atoms with Gasteiger partial charge in [0.05, 0.1) is 12.5 Å². The molecule has 1 fully saturated rings. The highest BCUT2D eigenvalue weighted by atomic mass is 16.5. The zero-order valence-corrected chi connectivity index (χ0v) is 14.4. The fourth-order valence-electron chi connectivity index (χ4n) is 3.34. The van der Waals surface area contributed by atoms with Gasteiger partial charge in [-0.25, -0.2) is 0 Å². The van der Waals surface area contributed by atoms with E-state index in [-0.39, 0.29) is 17.3 Å². The van der Waals surface area contributed by atoms with E-state index >= 15 is 0 Å². The number of ether oxygens (including phenoxy) is 1. The normalized spacial score (nSPS) is 20.8. The molecule has 0 unspecified atom stereocenters. The second-order valence-corrected chi connectivity index (χ2v) is 7.80. The van der Waals surface area contributed by atoms with Crippen molar-refractivity contribution in [1.29, 1.82) is 0 Å². The van der Waals surface area contributed by atoms with E-state index < -0.39 is 0 Å². The Morgan fingerprint density at radius 3 is 2.15 bits per heavy atom. The molecular formula is C18H34O2. The molecule has 0 aromatic rings. The van der Waals surface area contributed by atoms with Crippen LogP contribution in [0.1, 0.15) is 73.6 Å². The van der Waals surface area contributed by atoms with Crippen LogP contribution in [-0.4, -0.2) is 12.6 Å². The predicted octanol–water partition coefficient (Wildman–Crippen LogP) is 5.06. The Bertz CT molecular complexity index is 301. The Labute approximate surface area is 125 Å². The summed E-state index contributed by atoms with van der Waals surface area (Å²) in [6.45, 7) is 13.5. The summed E-state index contributed by atoms with van der Waals surface area (Å²) in [5.74, 6) is 2.04. The van der Waals surface area contributed by atoms with E-state index in [9.17, 15) is 4.79 Å². The largest absolute Gasteiger partial charge is 0.465 e. The third-order valence-corrected chi connectivity index (χ3v) is 5.47. The molecule has 0 aromatic carbocycles. The molecule has 0 heterocycles. The summed E-state index contributed by atoms with van der Waals surface area (Å²) in [5.41, 5.74) is 0.0570. The first-order valence-corrected chi connectivity index (χ1v) is 8.42. The van der Waals surface area contributed by atoms with Crippen LogP contribution in [0.2, 0.25) is 0 Å². The van der Waals surface area contributed by atoms with Gasteiger partial charge in [-0.15, -0.1) is 0 Å². The minimum absolute atomic E-state index is 0.0307. The molecule has 2 atom stereocenters. The summed E-state index contributed by atoms with van der Waals surface area (Å²) >= 11 is 0. The fourth-order valence-corrected chi connectivity index (χ4v) is 3.34. The average Bonchev–Trinajstić information content (AvgIpc) is 2.44. The number of rotatable bonds is 6. The van der Waals surface area contributed by atoms with Crippen LogP contribution in [0.25, 0.3) is 0 Å². The summed E-state index contributed by atoms with van der Waals surface area (Å²) in [7, 11) is 0. The van der Waals surface area contributed by atoms with Gasteiger partial charge in [0, 0.05) is 5.41 Å². The van der Waals surface area contributed by atoms with Crippen molar-refractivity contribution in [2.24, 2.45) is 29.1 Å². The zero-order valence-electron chi connectivity index (χ0n) is 14.4. The summed E-state index contributed by atoms with van der Waals surface area (Å²) in [6, 6.07) is 0. The van der Waals surface area contributed by atoms with E-state index in [2.05, 4.69) is 27.7 Å². The molecule has 1 saturated carbocycles. The van der Waals surface area contributed by atoms with Gasteiger partial charge >= 0.3 is 5.97 Å². The van der Waals surface area contributed by atoms with Crippen LogP contribution in [0.3, 0.4) is 0 Å². The Hall–Kier alpha value is -0.530. The molecule has 0 spiro atoms. The number of carbonyl (C=O) groups is 1. The second kappa shape index (κ2) is 7.47. The van der Waals surface area contributed by atoms with Crippen LogP contribution >= 0.6 is 0 Å².